The highest BCUT2D eigenvalue weighted by molar-refractivity contribution is 6.03. The number of para-hydroxylation sites is 1. The Kier molecular flexibility index (Phi) is 5.30. The van der Waals surface area contributed by atoms with Gasteiger partial charge in [-0.1, -0.05) is 32.0 Å². The minimum Gasteiger partial charge on any atom is -0.320 e. The molecule has 0 radical (unpaired) electrons. The summed E-state index contributed by atoms with van der Waals surface area (Å²) in [4.78, 5) is 14.9. The molecule has 1 fully saturated rings. The SMILES string of the molecule is CC(C)Cc1cc(C(=O)Nc2ccccc2CN2CCCC2)n[nH]1. The van der Waals surface area contributed by atoms with Crippen molar-refractivity contribution in [3.05, 3.63) is 47.3 Å². The van der Waals surface area contributed by atoms with Gasteiger partial charge in [0.1, 0.15) is 0 Å². The summed E-state index contributed by atoms with van der Waals surface area (Å²) in [5.74, 6) is 0.373. The van der Waals surface area contributed by atoms with Crippen LogP contribution >= 0.6 is 0 Å². The number of benzene rings is 1. The van der Waals surface area contributed by atoms with E-state index in [0.29, 0.717) is 11.6 Å². The quantitative estimate of drug-likeness (QED) is 0.854. The highest BCUT2D eigenvalue weighted by Crippen LogP contribution is 2.20. The fourth-order valence-corrected chi connectivity index (χ4v) is 3.17. The lowest BCUT2D eigenvalue weighted by atomic mass is 10.1. The van der Waals surface area contributed by atoms with Crippen molar-refractivity contribution in [2.75, 3.05) is 18.4 Å². The lowest BCUT2D eigenvalue weighted by Gasteiger charge is -2.17. The zero-order valence-corrected chi connectivity index (χ0v) is 14.5. The Bertz CT molecular complexity index is 686. The van der Waals surface area contributed by atoms with E-state index in [1.165, 1.54) is 12.8 Å². The van der Waals surface area contributed by atoms with Crippen molar-refractivity contribution in [3.8, 4) is 0 Å². The summed E-state index contributed by atoms with van der Waals surface area (Å²) in [6.07, 6.45) is 3.42. The number of rotatable bonds is 6. The van der Waals surface area contributed by atoms with E-state index in [9.17, 15) is 4.79 Å². The molecule has 24 heavy (non-hydrogen) atoms. The summed E-state index contributed by atoms with van der Waals surface area (Å²) in [5.41, 5.74) is 3.48. The van der Waals surface area contributed by atoms with Gasteiger partial charge in [-0.3, -0.25) is 14.8 Å². The topological polar surface area (TPSA) is 61.0 Å². The standard InChI is InChI=1S/C19H26N4O/c1-14(2)11-16-12-18(22-21-16)19(24)20-17-8-4-3-7-15(17)13-23-9-5-6-10-23/h3-4,7-8,12,14H,5-6,9-11,13H2,1-2H3,(H,20,24)(H,21,22). The molecule has 128 valence electrons. The number of likely N-dealkylation sites (tertiary alicyclic amines) is 1. The van der Waals surface area contributed by atoms with Crippen LogP contribution in [0.3, 0.4) is 0 Å². The van der Waals surface area contributed by atoms with Crippen LogP contribution in [0, 0.1) is 5.92 Å². The third-order valence-corrected chi connectivity index (χ3v) is 4.35. The molecule has 1 aromatic carbocycles. The Morgan fingerprint density at radius 3 is 2.79 bits per heavy atom. The monoisotopic (exact) mass is 326 g/mol. The van der Waals surface area contributed by atoms with Gasteiger partial charge in [-0.25, -0.2) is 0 Å². The molecule has 0 bridgehead atoms. The van der Waals surface area contributed by atoms with Crippen LogP contribution in [0.15, 0.2) is 30.3 Å². The van der Waals surface area contributed by atoms with Crippen LogP contribution in [-0.2, 0) is 13.0 Å². The maximum absolute atomic E-state index is 12.5. The first kappa shape index (κ1) is 16.7. The van der Waals surface area contributed by atoms with E-state index in [1.807, 2.05) is 24.3 Å². The molecule has 1 amide bonds. The van der Waals surface area contributed by atoms with Crippen molar-refractivity contribution < 1.29 is 4.79 Å². The summed E-state index contributed by atoms with van der Waals surface area (Å²) in [6.45, 7) is 7.46. The number of H-pyrrole nitrogens is 1. The van der Waals surface area contributed by atoms with E-state index in [-0.39, 0.29) is 5.91 Å². The zero-order valence-electron chi connectivity index (χ0n) is 14.5. The van der Waals surface area contributed by atoms with Gasteiger partial charge in [0, 0.05) is 17.9 Å². The minimum absolute atomic E-state index is 0.157. The molecule has 0 unspecified atom stereocenters. The van der Waals surface area contributed by atoms with Gasteiger partial charge in [-0.05, 0) is 56.0 Å². The second-order valence-electron chi connectivity index (χ2n) is 6.97. The van der Waals surface area contributed by atoms with E-state index in [0.717, 1.165) is 43.0 Å². The largest absolute Gasteiger partial charge is 0.320 e. The van der Waals surface area contributed by atoms with Crippen LogP contribution in [0.1, 0.15) is 48.4 Å². The second-order valence-corrected chi connectivity index (χ2v) is 6.97. The summed E-state index contributed by atoms with van der Waals surface area (Å²) < 4.78 is 0. The Hall–Kier alpha value is -2.14. The van der Waals surface area contributed by atoms with Crippen LogP contribution in [0.5, 0.6) is 0 Å². The maximum Gasteiger partial charge on any atom is 0.276 e. The number of carbonyl (C=O) groups excluding carboxylic acids is 1. The molecular formula is C19H26N4O. The predicted molar refractivity (Wildman–Crippen MR) is 96.0 cm³/mol. The first-order valence-corrected chi connectivity index (χ1v) is 8.77. The highest BCUT2D eigenvalue weighted by Gasteiger charge is 2.16. The van der Waals surface area contributed by atoms with Crippen molar-refractivity contribution in [3.63, 3.8) is 0 Å². The molecule has 1 aliphatic heterocycles. The average Bonchev–Trinajstić information content (AvgIpc) is 3.20. The minimum atomic E-state index is -0.157. The number of anilines is 1. The number of aromatic amines is 1. The first-order chi connectivity index (χ1) is 11.6. The normalized spacial score (nSPS) is 15.1. The molecule has 2 heterocycles. The number of nitrogens with zero attached hydrogens (tertiary/aromatic N) is 2. The fourth-order valence-electron chi connectivity index (χ4n) is 3.17. The molecule has 1 saturated heterocycles. The van der Waals surface area contributed by atoms with Gasteiger partial charge in [0.15, 0.2) is 5.69 Å². The molecule has 5 heteroatoms. The van der Waals surface area contributed by atoms with Crippen molar-refractivity contribution >= 4 is 11.6 Å². The van der Waals surface area contributed by atoms with Gasteiger partial charge in [0.25, 0.3) is 5.91 Å². The molecule has 0 saturated carbocycles. The summed E-state index contributed by atoms with van der Waals surface area (Å²) in [6, 6.07) is 9.88. The molecule has 0 spiro atoms. The van der Waals surface area contributed by atoms with Gasteiger partial charge in [-0.15, -0.1) is 0 Å². The smallest absolute Gasteiger partial charge is 0.276 e. The van der Waals surface area contributed by atoms with Gasteiger partial charge in [0.05, 0.1) is 0 Å². The number of hydrogen-bond donors (Lipinski definition) is 2. The lowest BCUT2D eigenvalue weighted by Crippen LogP contribution is -2.20. The first-order valence-electron chi connectivity index (χ1n) is 8.77. The van der Waals surface area contributed by atoms with E-state index in [2.05, 4.69) is 40.3 Å². The number of carbonyl (C=O) groups is 1. The Labute approximate surface area is 143 Å². The van der Waals surface area contributed by atoms with E-state index in [1.54, 1.807) is 0 Å². The van der Waals surface area contributed by atoms with Crippen LogP contribution in [-0.4, -0.2) is 34.1 Å². The summed E-state index contributed by atoms with van der Waals surface area (Å²) in [5, 5.41) is 10.1. The second kappa shape index (κ2) is 7.62. The number of amides is 1. The number of aromatic nitrogens is 2. The molecule has 3 rings (SSSR count). The molecule has 1 aromatic heterocycles. The van der Waals surface area contributed by atoms with Crippen molar-refractivity contribution in [1.82, 2.24) is 15.1 Å². The fraction of sp³-hybridized carbons (Fsp3) is 0.474. The Balaban J connectivity index is 1.68. The van der Waals surface area contributed by atoms with Crippen molar-refractivity contribution in [2.24, 2.45) is 5.92 Å². The summed E-state index contributed by atoms with van der Waals surface area (Å²) >= 11 is 0. The predicted octanol–water partition coefficient (Wildman–Crippen LogP) is 3.46. The molecular weight excluding hydrogens is 300 g/mol. The van der Waals surface area contributed by atoms with Gasteiger partial charge < -0.3 is 5.32 Å². The van der Waals surface area contributed by atoms with Gasteiger partial charge in [-0.2, -0.15) is 5.10 Å². The maximum atomic E-state index is 12.5. The number of hydrogen-bond acceptors (Lipinski definition) is 3. The molecule has 0 atom stereocenters. The van der Waals surface area contributed by atoms with E-state index < -0.39 is 0 Å². The summed E-state index contributed by atoms with van der Waals surface area (Å²) in [7, 11) is 0. The van der Waals surface area contributed by atoms with Crippen molar-refractivity contribution in [2.45, 2.75) is 39.7 Å². The Morgan fingerprint density at radius 1 is 1.29 bits per heavy atom. The third-order valence-electron chi connectivity index (χ3n) is 4.35. The third kappa shape index (κ3) is 4.23. The van der Waals surface area contributed by atoms with Gasteiger partial charge >= 0.3 is 0 Å². The van der Waals surface area contributed by atoms with Crippen LogP contribution in [0.4, 0.5) is 5.69 Å². The van der Waals surface area contributed by atoms with E-state index >= 15 is 0 Å². The highest BCUT2D eigenvalue weighted by atomic mass is 16.1. The van der Waals surface area contributed by atoms with Gasteiger partial charge in [0.2, 0.25) is 0 Å². The molecule has 0 aliphatic carbocycles. The number of nitrogens with one attached hydrogen (secondary N) is 2. The lowest BCUT2D eigenvalue weighted by molar-refractivity contribution is 0.102. The van der Waals surface area contributed by atoms with E-state index in [4.69, 9.17) is 0 Å². The van der Waals surface area contributed by atoms with Crippen LogP contribution < -0.4 is 5.32 Å². The molecule has 2 aromatic rings. The zero-order chi connectivity index (χ0) is 16.9. The molecule has 1 aliphatic rings. The van der Waals surface area contributed by atoms with Crippen LogP contribution in [0.25, 0.3) is 0 Å². The van der Waals surface area contributed by atoms with Crippen molar-refractivity contribution in [1.29, 1.82) is 0 Å². The van der Waals surface area contributed by atoms with Crippen LogP contribution in [0.2, 0.25) is 0 Å². The Morgan fingerprint density at radius 2 is 2.04 bits per heavy atom. The molecule has 2 N–H and O–H groups in total. The average molecular weight is 326 g/mol. The molecule has 5 nitrogen and oxygen atoms in total.